The summed E-state index contributed by atoms with van der Waals surface area (Å²) in [5.41, 5.74) is 12.4. The Hall–Kier alpha value is -3.32. The molecule has 210 valence electrons. The van der Waals surface area contributed by atoms with Gasteiger partial charge < -0.3 is 26.0 Å². The molecule has 3 saturated heterocycles. The van der Waals surface area contributed by atoms with E-state index in [9.17, 15) is 14.4 Å². The van der Waals surface area contributed by atoms with Crippen molar-refractivity contribution >= 4 is 17.8 Å². The lowest BCUT2D eigenvalue weighted by Crippen LogP contribution is -2.70. The fraction of sp³-hybridized carbons (Fsp3) is 0.556. The molecule has 5 N–H and O–H groups in total. The minimum Gasteiger partial charge on any atom is -0.377 e. The number of piperidine rings is 1. The number of urea groups is 1. The van der Waals surface area contributed by atoms with Crippen LogP contribution >= 0.6 is 0 Å². The Bertz CT molecular complexity index is 1240. The maximum absolute atomic E-state index is 13.0. The first kappa shape index (κ1) is 27.3. The molecule has 5 rings (SSSR count). The van der Waals surface area contributed by atoms with Crippen LogP contribution in [0.5, 0.6) is 0 Å². The van der Waals surface area contributed by atoms with Crippen molar-refractivity contribution < 1.29 is 14.3 Å². The SMILES string of the molecule is CC(C)(N)C(=O)N1C2COCC1CN(C(=O)Nc1ccn(-c3ccc(CN4CCC(N)CC4)cc3)c(=O)n1)C2. The average Bonchev–Trinajstić information content (AvgIpc) is 2.89. The van der Waals surface area contributed by atoms with Gasteiger partial charge in [0.05, 0.1) is 36.5 Å². The average molecular weight is 539 g/mol. The molecule has 0 saturated carbocycles. The highest BCUT2D eigenvalue weighted by molar-refractivity contribution is 5.89. The summed E-state index contributed by atoms with van der Waals surface area (Å²) >= 11 is 0. The van der Waals surface area contributed by atoms with Crippen molar-refractivity contribution in [1.29, 1.82) is 0 Å². The molecule has 1 aromatic heterocycles. The first-order valence-electron chi connectivity index (χ1n) is 13.5. The molecule has 39 heavy (non-hydrogen) atoms. The Kier molecular flexibility index (Phi) is 7.72. The van der Waals surface area contributed by atoms with E-state index >= 15 is 0 Å². The first-order valence-corrected chi connectivity index (χ1v) is 13.5. The number of nitrogens with one attached hydrogen (secondary N) is 1. The lowest BCUT2D eigenvalue weighted by atomic mass is 9.98. The van der Waals surface area contributed by atoms with Crippen LogP contribution in [0.15, 0.2) is 41.3 Å². The normalized spacial score (nSPS) is 22.6. The zero-order valence-electron chi connectivity index (χ0n) is 22.6. The molecule has 3 aliphatic rings. The van der Waals surface area contributed by atoms with Crippen molar-refractivity contribution in [1.82, 2.24) is 24.3 Å². The van der Waals surface area contributed by atoms with Gasteiger partial charge in [-0.2, -0.15) is 4.98 Å². The number of nitrogens with two attached hydrogens (primary N) is 2. The first-order chi connectivity index (χ1) is 18.6. The van der Waals surface area contributed by atoms with Gasteiger partial charge in [0.2, 0.25) is 5.91 Å². The number of morpholine rings is 1. The van der Waals surface area contributed by atoms with E-state index in [1.54, 1.807) is 35.9 Å². The van der Waals surface area contributed by atoms with Gasteiger partial charge >= 0.3 is 11.7 Å². The van der Waals surface area contributed by atoms with Gasteiger partial charge in [-0.15, -0.1) is 0 Å². The lowest BCUT2D eigenvalue weighted by Gasteiger charge is -2.50. The van der Waals surface area contributed by atoms with Gasteiger partial charge in [-0.3, -0.25) is 19.6 Å². The molecular formula is C27H38N8O4. The van der Waals surface area contributed by atoms with Crippen molar-refractivity contribution in [2.24, 2.45) is 11.5 Å². The van der Waals surface area contributed by atoms with E-state index in [-0.39, 0.29) is 29.8 Å². The quantitative estimate of drug-likeness (QED) is 0.493. The summed E-state index contributed by atoms with van der Waals surface area (Å²) in [7, 11) is 0. The zero-order valence-corrected chi connectivity index (χ0v) is 22.6. The largest absolute Gasteiger partial charge is 0.377 e. The van der Waals surface area contributed by atoms with Gasteiger partial charge in [0.1, 0.15) is 5.82 Å². The predicted octanol–water partition coefficient (Wildman–Crippen LogP) is 0.336. The van der Waals surface area contributed by atoms with Crippen molar-refractivity contribution in [2.45, 2.75) is 56.9 Å². The fourth-order valence-corrected chi connectivity index (χ4v) is 5.48. The third-order valence-corrected chi connectivity index (χ3v) is 7.63. The van der Waals surface area contributed by atoms with Crippen LogP contribution in [0.1, 0.15) is 32.3 Å². The third-order valence-electron chi connectivity index (χ3n) is 7.63. The highest BCUT2D eigenvalue weighted by atomic mass is 16.5. The standard InChI is InChI=1S/C27H38N8O4/c1-27(2,29)24(36)35-21-14-33(15-22(35)17-39-16-21)25(37)30-23-9-12-34(26(38)31-23)20-5-3-18(4-6-20)13-32-10-7-19(28)8-11-32/h3-6,9,12,19,21-22H,7-8,10-11,13-17,28-29H2,1-2H3,(H,30,31,37,38). The molecule has 0 radical (unpaired) electrons. The number of ether oxygens (including phenoxy) is 1. The molecule has 12 nitrogen and oxygen atoms in total. The number of piperazine rings is 1. The van der Waals surface area contributed by atoms with Crippen LogP contribution in [-0.2, 0) is 16.1 Å². The van der Waals surface area contributed by atoms with Crippen LogP contribution in [0.25, 0.3) is 5.69 Å². The molecule has 12 heteroatoms. The Balaban J connectivity index is 1.20. The van der Waals surface area contributed by atoms with Crippen molar-refractivity contribution in [3.05, 3.63) is 52.6 Å². The number of rotatable bonds is 5. The summed E-state index contributed by atoms with van der Waals surface area (Å²) in [6.45, 7) is 7.48. The van der Waals surface area contributed by atoms with Crippen LogP contribution in [0.2, 0.25) is 0 Å². The topological polar surface area (TPSA) is 152 Å². The monoisotopic (exact) mass is 538 g/mol. The maximum atomic E-state index is 13.0. The molecule has 2 aromatic rings. The minimum absolute atomic E-state index is 0.157. The molecule has 2 bridgehead atoms. The second kappa shape index (κ2) is 11.0. The highest BCUT2D eigenvalue weighted by Gasteiger charge is 2.45. The number of hydrogen-bond acceptors (Lipinski definition) is 8. The van der Waals surface area contributed by atoms with E-state index in [1.807, 2.05) is 24.3 Å². The molecule has 0 aliphatic carbocycles. The van der Waals surface area contributed by atoms with Crippen LogP contribution in [0, 0.1) is 0 Å². The predicted molar refractivity (Wildman–Crippen MR) is 146 cm³/mol. The number of aromatic nitrogens is 2. The van der Waals surface area contributed by atoms with E-state index in [0.29, 0.717) is 38.0 Å². The van der Waals surface area contributed by atoms with E-state index in [1.165, 1.54) is 10.1 Å². The third kappa shape index (κ3) is 6.14. The number of anilines is 1. The molecule has 2 unspecified atom stereocenters. The summed E-state index contributed by atoms with van der Waals surface area (Å²) in [6, 6.07) is 8.79. The van der Waals surface area contributed by atoms with E-state index < -0.39 is 11.2 Å². The summed E-state index contributed by atoms with van der Waals surface area (Å²) in [6.07, 6.45) is 3.63. The smallest absolute Gasteiger partial charge is 0.354 e. The molecular weight excluding hydrogens is 500 g/mol. The zero-order chi connectivity index (χ0) is 27.7. The van der Waals surface area contributed by atoms with Gasteiger partial charge in [-0.05, 0) is 63.5 Å². The molecule has 0 spiro atoms. The molecule has 2 atom stereocenters. The van der Waals surface area contributed by atoms with Crippen LogP contribution in [0.4, 0.5) is 10.6 Å². The van der Waals surface area contributed by atoms with E-state index in [4.69, 9.17) is 16.2 Å². The van der Waals surface area contributed by atoms with E-state index in [0.717, 1.165) is 32.5 Å². The van der Waals surface area contributed by atoms with Crippen molar-refractivity contribution in [3.63, 3.8) is 0 Å². The number of likely N-dealkylation sites (tertiary alicyclic amines) is 1. The Morgan fingerprint density at radius 3 is 2.31 bits per heavy atom. The van der Waals surface area contributed by atoms with Crippen LogP contribution < -0.4 is 22.5 Å². The summed E-state index contributed by atoms with van der Waals surface area (Å²) in [5, 5.41) is 2.73. The molecule has 4 heterocycles. The van der Waals surface area contributed by atoms with Crippen molar-refractivity contribution in [2.75, 3.05) is 44.7 Å². The molecule has 3 aliphatic heterocycles. The van der Waals surface area contributed by atoms with Gasteiger partial charge in [0.25, 0.3) is 0 Å². The Morgan fingerprint density at radius 2 is 1.72 bits per heavy atom. The van der Waals surface area contributed by atoms with Crippen LogP contribution in [0.3, 0.4) is 0 Å². The maximum Gasteiger partial charge on any atom is 0.354 e. The number of carbonyl (C=O) groups is 2. The van der Waals surface area contributed by atoms with Gasteiger partial charge in [-0.1, -0.05) is 12.1 Å². The number of fused-ring (bicyclic) bond motifs is 2. The fourth-order valence-electron chi connectivity index (χ4n) is 5.48. The summed E-state index contributed by atoms with van der Waals surface area (Å²) in [5.74, 6) is 0.0135. The molecule has 3 amide bonds. The van der Waals surface area contributed by atoms with E-state index in [2.05, 4.69) is 15.2 Å². The number of nitrogens with zero attached hydrogens (tertiary/aromatic N) is 5. The van der Waals surface area contributed by atoms with Crippen LogP contribution in [-0.4, -0.2) is 99.2 Å². The Morgan fingerprint density at radius 1 is 1.08 bits per heavy atom. The number of hydrogen-bond donors (Lipinski definition) is 3. The lowest BCUT2D eigenvalue weighted by molar-refractivity contribution is -0.157. The van der Waals surface area contributed by atoms with Gasteiger partial charge in [-0.25, -0.2) is 9.59 Å². The van der Waals surface area contributed by atoms with Crippen molar-refractivity contribution in [3.8, 4) is 5.69 Å². The number of carbonyl (C=O) groups excluding carboxylic acids is 2. The summed E-state index contributed by atoms with van der Waals surface area (Å²) in [4.78, 5) is 48.6. The second-order valence-corrected chi connectivity index (χ2v) is 11.4. The number of benzene rings is 1. The summed E-state index contributed by atoms with van der Waals surface area (Å²) < 4.78 is 7.08. The second-order valence-electron chi connectivity index (χ2n) is 11.4. The minimum atomic E-state index is -1.01. The molecule has 3 fully saturated rings. The Labute approximate surface area is 227 Å². The van der Waals surface area contributed by atoms with Gasteiger partial charge in [0, 0.05) is 31.9 Å². The number of amides is 3. The molecule has 1 aromatic carbocycles. The van der Waals surface area contributed by atoms with Gasteiger partial charge in [0.15, 0.2) is 0 Å². The highest BCUT2D eigenvalue weighted by Crippen LogP contribution is 2.24.